The molecule has 11 heteroatoms. The van der Waals surface area contributed by atoms with Gasteiger partial charge in [-0.3, -0.25) is 4.79 Å². The highest BCUT2D eigenvalue weighted by Crippen LogP contribution is 2.26. The number of carbonyl (C=O) groups is 1. The highest BCUT2D eigenvalue weighted by atomic mass is 35.5. The first-order valence-corrected chi connectivity index (χ1v) is 12.6. The van der Waals surface area contributed by atoms with Crippen LogP contribution in [0, 0.1) is 5.92 Å². The number of sulfonamides is 1. The lowest BCUT2D eigenvalue weighted by Crippen LogP contribution is -2.43. The van der Waals surface area contributed by atoms with Crippen molar-refractivity contribution in [2.75, 3.05) is 27.2 Å². The maximum absolute atomic E-state index is 13.0. The molecule has 34 heavy (non-hydrogen) atoms. The number of benzene rings is 2. The number of rotatable bonds is 7. The van der Waals surface area contributed by atoms with Crippen molar-refractivity contribution in [1.29, 1.82) is 0 Å². The van der Waals surface area contributed by atoms with Gasteiger partial charge in [0.25, 0.3) is 0 Å². The van der Waals surface area contributed by atoms with E-state index in [1.807, 2.05) is 0 Å². The number of hydrogen-bond acceptors (Lipinski definition) is 7. The van der Waals surface area contributed by atoms with Crippen LogP contribution in [-0.2, 0) is 21.4 Å². The smallest absolute Gasteiger partial charge is 0.246 e. The van der Waals surface area contributed by atoms with Crippen molar-refractivity contribution < 1.29 is 22.5 Å². The molecule has 1 aliphatic rings. The van der Waals surface area contributed by atoms with Crippen molar-refractivity contribution in [3.63, 3.8) is 0 Å². The van der Waals surface area contributed by atoms with E-state index < -0.39 is 10.0 Å². The summed E-state index contributed by atoms with van der Waals surface area (Å²) in [5, 5.41) is 4.58. The zero-order chi connectivity index (χ0) is 24.3. The predicted octanol–water partition coefficient (Wildman–Crippen LogP) is 3.46. The van der Waals surface area contributed by atoms with E-state index in [0.717, 1.165) is 5.56 Å². The number of halogens is 1. The summed E-state index contributed by atoms with van der Waals surface area (Å²) in [5.74, 6) is 0.983. The third-order valence-electron chi connectivity index (χ3n) is 5.82. The van der Waals surface area contributed by atoms with Crippen LogP contribution in [-0.4, -0.2) is 60.9 Å². The van der Waals surface area contributed by atoms with Gasteiger partial charge in [-0.05, 0) is 61.4 Å². The van der Waals surface area contributed by atoms with Crippen LogP contribution in [0.1, 0.15) is 18.7 Å². The Morgan fingerprint density at radius 1 is 1.15 bits per heavy atom. The molecule has 1 saturated heterocycles. The van der Waals surface area contributed by atoms with E-state index in [-0.39, 0.29) is 36.4 Å². The van der Waals surface area contributed by atoms with Crippen LogP contribution in [0.4, 0.5) is 0 Å². The molecule has 1 aliphatic heterocycles. The monoisotopic (exact) mass is 504 g/mol. The number of nitrogens with zero attached hydrogens (tertiary/aromatic N) is 4. The van der Waals surface area contributed by atoms with Crippen LogP contribution in [0.3, 0.4) is 0 Å². The van der Waals surface area contributed by atoms with Gasteiger partial charge in [-0.25, -0.2) is 8.42 Å². The molecular weight excluding hydrogens is 480 g/mol. The minimum absolute atomic E-state index is 0.0762. The summed E-state index contributed by atoms with van der Waals surface area (Å²) in [4.78, 5) is 19.1. The van der Waals surface area contributed by atoms with Gasteiger partial charge in [-0.15, -0.1) is 0 Å². The fourth-order valence-corrected chi connectivity index (χ4v) is 5.46. The van der Waals surface area contributed by atoms with Gasteiger partial charge in [-0.1, -0.05) is 16.8 Å². The molecule has 4 rings (SSSR count). The van der Waals surface area contributed by atoms with Crippen molar-refractivity contribution in [2.45, 2.75) is 24.3 Å². The minimum atomic E-state index is -3.62. The molecule has 0 aliphatic carbocycles. The number of carbonyl (C=O) groups excluding carboxylic acids is 1. The summed E-state index contributed by atoms with van der Waals surface area (Å²) in [5.41, 5.74) is 0.763. The van der Waals surface area contributed by atoms with Gasteiger partial charge in [0.2, 0.25) is 27.6 Å². The van der Waals surface area contributed by atoms with Crippen LogP contribution >= 0.6 is 11.6 Å². The molecule has 9 nitrogen and oxygen atoms in total. The van der Waals surface area contributed by atoms with Crippen molar-refractivity contribution in [3.8, 4) is 17.1 Å². The zero-order valence-electron chi connectivity index (χ0n) is 18.8. The number of hydrogen-bond donors (Lipinski definition) is 0. The molecule has 0 bridgehead atoms. The molecule has 0 unspecified atom stereocenters. The van der Waals surface area contributed by atoms with Gasteiger partial charge in [0, 0.05) is 36.6 Å². The summed E-state index contributed by atoms with van der Waals surface area (Å²) in [7, 11) is -0.417. The van der Waals surface area contributed by atoms with Crippen LogP contribution in [0.5, 0.6) is 5.75 Å². The molecular formula is C23H25ClN4O5S. The maximum atomic E-state index is 13.0. The fourth-order valence-electron chi connectivity index (χ4n) is 3.87. The van der Waals surface area contributed by atoms with Gasteiger partial charge in [0.1, 0.15) is 5.75 Å². The van der Waals surface area contributed by atoms with E-state index >= 15 is 0 Å². The van der Waals surface area contributed by atoms with Crippen molar-refractivity contribution >= 4 is 27.5 Å². The Labute approximate surface area is 203 Å². The molecule has 1 amide bonds. The second kappa shape index (κ2) is 10.1. The van der Waals surface area contributed by atoms with Gasteiger partial charge < -0.3 is 14.2 Å². The Morgan fingerprint density at radius 3 is 2.41 bits per heavy atom. The predicted molar refractivity (Wildman–Crippen MR) is 126 cm³/mol. The van der Waals surface area contributed by atoms with Crippen molar-refractivity contribution in [2.24, 2.45) is 5.92 Å². The molecule has 0 radical (unpaired) electrons. The lowest BCUT2D eigenvalue weighted by molar-refractivity contribution is -0.136. The van der Waals surface area contributed by atoms with Gasteiger partial charge in [0.05, 0.1) is 18.6 Å². The highest BCUT2D eigenvalue weighted by molar-refractivity contribution is 7.89. The standard InChI is InChI=1S/C23H25ClN4O5S/c1-27(15-21-25-22(26-33-21)16-3-5-18(24)6-4-16)23(29)17-11-13-28(14-12-17)34(30,31)20-9-7-19(32-2)8-10-20/h3-10,17H,11-15H2,1-2H3. The Hall–Kier alpha value is -2.95. The summed E-state index contributed by atoms with van der Waals surface area (Å²) >= 11 is 5.91. The van der Waals surface area contributed by atoms with Crippen LogP contribution in [0.25, 0.3) is 11.4 Å². The number of piperidine rings is 1. The summed E-state index contributed by atoms with van der Waals surface area (Å²) in [6, 6.07) is 13.4. The largest absolute Gasteiger partial charge is 0.497 e. The molecule has 3 aromatic rings. The number of aromatic nitrogens is 2. The normalized spacial score (nSPS) is 15.3. The quantitative estimate of drug-likeness (QED) is 0.485. The lowest BCUT2D eigenvalue weighted by atomic mass is 9.97. The first-order valence-electron chi connectivity index (χ1n) is 10.8. The molecule has 1 aromatic heterocycles. The van der Waals surface area contributed by atoms with E-state index in [1.54, 1.807) is 43.4 Å². The maximum Gasteiger partial charge on any atom is 0.246 e. The minimum Gasteiger partial charge on any atom is -0.497 e. The molecule has 180 valence electrons. The van der Waals surface area contributed by atoms with Gasteiger partial charge in [0.15, 0.2) is 0 Å². The third kappa shape index (κ3) is 5.24. The van der Waals surface area contributed by atoms with E-state index in [2.05, 4.69) is 10.1 Å². The Kier molecular flexibility index (Phi) is 7.20. The Morgan fingerprint density at radius 2 is 1.79 bits per heavy atom. The van der Waals surface area contributed by atoms with Gasteiger partial charge >= 0.3 is 0 Å². The number of amides is 1. The van der Waals surface area contributed by atoms with E-state index in [9.17, 15) is 13.2 Å². The summed E-state index contributed by atoms with van der Waals surface area (Å²) in [6.45, 7) is 0.726. The van der Waals surface area contributed by atoms with Crippen LogP contribution < -0.4 is 4.74 Å². The average molecular weight is 505 g/mol. The van der Waals surface area contributed by atoms with Gasteiger partial charge in [-0.2, -0.15) is 9.29 Å². The average Bonchev–Trinajstić information content (AvgIpc) is 3.32. The molecule has 0 spiro atoms. The fraction of sp³-hybridized carbons (Fsp3) is 0.348. The van der Waals surface area contributed by atoms with Crippen molar-refractivity contribution in [1.82, 2.24) is 19.3 Å². The molecule has 0 atom stereocenters. The second-order valence-corrected chi connectivity index (χ2v) is 10.4. The second-order valence-electron chi connectivity index (χ2n) is 8.07. The molecule has 0 N–H and O–H groups in total. The topological polar surface area (TPSA) is 106 Å². The lowest BCUT2D eigenvalue weighted by Gasteiger charge is -2.32. The van der Waals surface area contributed by atoms with E-state index in [4.69, 9.17) is 20.9 Å². The Bertz CT molecular complexity index is 1240. The molecule has 1 fully saturated rings. The molecule has 0 saturated carbocycles. The molecule has 2 aromatic carbocycles. The first-order chi connectivity index (χ1) is 16.3. The number of methoxy groups -OCH3 is 1. The van der Waals surface area contributed by atoms with E-state index in [0.29, 0.717) is 35.3 Å². The summed E-state index contributed by atoms with van der Waals surface area (Å²) in [6.07, 6.45) is 0.886. The first kappa shape index (κ1) is 24.2. The third-order valence-corrected chi connectivity index (χ3v) is 7.98. The van der Waals surface area contributed by atoms with Crippen LogP contribution in [0.15, 0.2) is 57.9 Å². The van der Waals surface area contributed by atoms with Crippen molar-refractivity contribution in [3.05, 3.63) is 59.4 Å². The SMILES string of the molecule is COc1ccc(S(=O)(=O)N2CCC(C(=O)N(C)Cc3nc(-c4ccc(Cl)cc4)no3)CC2)cc1. The highest BCUT2D eigenvalue weighted by Gasteiger charge is 2.33. The summed E-state index contributed by atoms with van der Waals surface area (Å²) < 4.78 is 37.7. The molecule has 2 heterocycles. The number of ether oxygens (including phenoxy) is 1. The van der Waals surface area contributed by atoms with Crippen LogP contribution in [0.2, 0.25) is 5.02 Å². The Balaban J connectivity index is 1.33. The van der Waals surface area contributed by atoms with E-state index in [1.165, 1.54) is 28.4 Å². The zero-order valence-corrected chi connectivity index (χ0v) is 20.4.